The lowest BCUT2D eigenvalue weighted by atomic mass is 10.2. The van der Waals surface area contributed by atoms with Crippen LogP contribution in [0.25, 0.3) is 28.0 Å². The van der Waals surface area contributed by atoms with Crippen LogP contribution in [0.15, 0.2) is 60.9 Å². The predicted octanol–water partition coefficient (Wildman–Crippen LogP) is 3.72. The fraction of sp³-hybridized carbons (Fsp3) is 0.0588. The van der Waals surface area contributed by atoms with Gasteiger partial charge < -0.3 is 0 Å². The highest BCUT2D eigenvalue weighted by Crippen LogP contribution is 2.24. The summed E-state index contributed by atoms with van der Waals surface area (Å²) in [6.45, 7) is 2.01. The minimum atomic E-state index is 0.955. The molecule has 102 valence electrons. The van der Waals surface area contributed by atoms with Gasteiger partial charge >= 0.3 is 0 Å². The Balaban J connectivity index is 1.92. The molecule has 1 N–H and O–H groups in total. The number of nitrogens with zero attached hydrogens (tertiary/aromatic N) is 3. The van der Waals surface area contributed by atoms with Gasteiger partial charge in [0.1, 0.15) is 5.82 Å². The van der Waals surface area contributed by atoms with Crippen molar-refractivity contribution in [3.8, 4) is 17.1 Å². The van der Waals surface area contributed by atoms with E-state index in [9.17, 15) is 0 Å². The molecule has 0 aliphatic rings. The van der Waals surface area contributed by atoms with Crippen LogP contribution in [0.2, 0.25) is 0 Å². The van der Waals surface area contributed by atoms with E-state index in [1.54, 1.807) is 0 Å². The first-order valence-corrected chi connectivity index (χ1v) is 6.86. The van der Waals surface area contributed by atoms with Crippen molar-refractivity contribution in [1.29, 1.82) is 0 Å². The van der Waals surface area contributed by atoms with E-state index in [0.29, 0.717) is 0 Å². The van der Waals surface area contributed by atoms with E-state index in [1.807, 2.05) is 37.4 Å². The van der Waals surface area contributed by atoms with E-state index in [2.05, 4.69) is 50.2 Å². The maximum Gasteiger partial charge on any atom is 0.144 e. The van der Waals surface area contributed by atoms with Crippen LogP contribution in [0.5, 0.6) is 0 Å². The summed E-state index contributed by atoms with van der Waals surface area (Å²) >= 11 is 0. The second kappa shape index (κ2) is 4.59. The molecule has 21 heavy (non-hydrogen) atoms. The number of aromatic amines is 1. The van der Waals surface area contributed by atoms with Crippen LogP contribution in [-0.4, -0.2) is 19.7 Å². The first kappa shape index (κ1) is 11.9. The lowest BCUT2D eigenvalue weighted by Gasteiger charge is -2.08. The van der Waals surface area contributed by atoms with Crippen molar-refractivity contribution in [2.75, 3.05) is 0 Å². The van der Waals surface area contributed by atoms with E-state index in [0.717, 1.165) is 33.7 Å². The molecule has 2 aromatic heterocycles. The molecule has 2 heterocycles. The Hall–Kier alpha value is -2.88. The summed E-state index contributed by atoms with van der Waals surface area (Å²) in [6.07, 6.45) is 3.90. The summed E-state index contributed by atoms with van der Waals surface area (Å²) in [5.41, 5.74) is 4.24. The second-order valence-corrected chi connectivity index (χ2v) is 5.08. The summed E-state index contributed by atoms with van der Waals surface area (Å²) in [7, 11) is 0. The van der Waals surface area contributed by atoms with Crippen LogP contribution in [0.3, 0.4) is 0 Å². The molecule has 0 atom stereocenters. The third-order valence-corrected chi connectivity index (χ3v) is 3.56. The molecule has 0 saturated carbocycles. The van der Waals surface area contributed by atoms with E-state index in [4.69, 9.17) is 0 Å². The molecule has 0 aliphatic carbocycles. The molecule has 4 nitrogen and oxygen atoms in total. The third-order valence-electron chi connectivity index (χ3n) is 3.56. The summed E-state index contributed by atoms with van der Waals surface area (Å²) in [6, 6.07) is 16.5. The highest BCUT2D eigenvalue weighted by Gasteiger charge is 2.10. The molecule has 4 rings (SSSR count). The number of rotatable bonds is 2. The minimum Gasteiger partial charge on any atom is -0.300 e. The summed E-state index contributed by atoms with van der Waals surface area (Å²) in [5, 5.41) is 8.14. The standard InChI is InChI=1S/C17H14N4/c1-12-11-21(17(19-12)13-5-3-2-4-6-13)15-7-8-16-14(9-15)10-18-20-16/h2-11H,1H3,(H,18,20). The smallest absolute Gasteiger partial charge is 0.144 e. The van der Waals surface area contributed by atoms with Crippen molar-refractivity contribution in [2.45, 2.75) is 6.92 Å². The van der Waals surface area contributed by atoms with Gasteiger partial charge in [0.2, 0.25) is 0 Å². The second-order valence-electron chi connectivity index (χ2n) is 5.08. The molecule has 0 amide bonds. The fourth-order valence-corrected chi connectivity index (χ4v) is 2.57. The normalized spacial score (nSPS) is 11.1. The van der Waals surface area contributed by atoms with Crippen molar-refractivity contribution < 1.29 is 0 Å². The Bertz CT molecular complexity index is 903. The molecule has 0 aliphatic heterocycles. The quantitative estimate of drug-likeness (QED) is 0.605. The Morgan fingerprint density at radius 1 is 1.05 bits per heavy atom. The van der Waals surface area contributed by atoms with Crippen molar-refractivity contribution in [3.63, 3.8) is 0 Å². The van der Waals surface area contributed by atoms with Gasteiger partial charge in [-0.15, -0.1) is 0 Å². The van der Waals surface area contributed by atoms with Gasteiger partial charge in [0, 0.05) is 22.8 Å². The van der Waals surface area contributed by atoms with Crippen LogP contribution < -0.4 is 0 Å². The van der Waals surface area contributed by atoms with Gasteiger partial charge in [-0.05, 0) is 25.1 Å². The number of imidazole rings is 1. The van der Waals surface area contributed by atoms with Gasteiger partial charge in [-0.2, -0.15) is 5.10 Å². The zero-order valence-corrected chi connectivity index (χ0v) is 11.6. The summed E-state index contributed by atoms with van der Waals surface area (Å²) in [4.78, 5) is 4.66. The Morgan fingerprint density at radius 2 is 1.90 bits per heavy atom. The van der Waals surface area contributed by atoms with Gasteiger partial charge in [0.25, 0.3) is 0 Å². The van der Waals surface area contributed by atoms with Gasteiger partial charge in [-0.25, -0.2) is 4.98 Å². The molecular weight excluding hydrogens is 260 g/mol. The topological polar surface area (TPSA) is 46.5 Å². The average Bonchev–Trinajstić information content (AvgIpc) is 3.13. The summed E-state index contributed by atoms with van der Waals surface area (Å²) < 4.78 is 2.12. The van der Waals surface area contributed by atoms with Crippen molar-refractivity contribution >= 4 is 10.9 Å². The van der Waals surface area contributed by atoms with E-state index in [1.165, 1.54) is 0 Å². The van der Waals surface area contributed by atoms with E-state index < -0.39 is 0 Å². The first-order valence-electron chi connectivity index (χ1n) is 6.86. The molecule has 4 heteroatoms. The van der Waals surface area contributed by atoms with Crippen molar-refractivity contribution in [3.05, 3.63) is 66.6 Å². The summed E-state index contributed by atoms with van der Waals surface area (Å²) in [5.74, 6) is 0.955. The van der Waals surface area contributed by atoms with Crippen LogP contribution in [0.1, 0.15) is 5.69 Å². The van der Waals surface area contributed by atoms with Gasteiger partial charge in [0.15, 0.2) is 0 Å². The van der Waals surface area contributed by atoms with Crippen LogP contribution in [0, 0.1) is 6.92 Å². The Labute approximate surface area is 122 Å². The number of fused-ring (bicyclic) bond motifs is 1. The molecule has 0 unspecified atom stereocenters. The number of aryl methyl sites for hydroxylation is 1. The molecule has 0 radical (unpaired) electrons. The maximum atomic E-state index is 4.66. The van der Waals surface area contributed by atoms with E-state index >= 15 is 0 Å². The molecule has 4 aromatic rings. The zero-order chi connectivity index (χ0) is 14.2. The predicted molar refractivity (Wildman–Crippen MR) is 83.4 cm³/mol. The zero-order valence-electron chi connectivity index (χ0n) is 11.6. The number of H-pyrrole nitrogens is 1. The third kappa shape index (κ3) is 2.01. The minimum absolute atomic E-state index is 0.955. The fourth-order valence-electron chi connectivity index (χ4n) is 2.57. The first-order chi connectivity index (χ1) is 10.3. The Morgan fingerprint density at radius 3 is 2.76 bits per heavy atom. The molecule has 0 saturated heterocycles. The molecule has 0 fully saturated rings. The monoisotopic (exact) mass is 274 g/mol. The largest absolute Gasteiger partial charge is 0.300 e. The number of hydrogen-bond donors (Lipinski definition) is 1. The number of aromatic nitrogens is 4. The lowest BCUT2D eigenvalue weighted by Crippen LogP contribution is -1.95. The molecular formula is C17H14N4. The average molecular weight is 274 g/mol. The molecule has 0 spiro atoms. The molecule has 2 aromatic carbocycles. The van der Waals surface area contributed by atoms with Crippen LogP contribution in [-0.2, 0) is 0 Å². The highest BCUT2D eigenvalue weighted by atomic mass is 15.1. The highest BCUT2D eigenvalue weighted by molar-refractivity contribution is 5.80. The Kier molecular flexibility index (Phi) is 2.60. The maximum absolute atomic E-state index is 4.66. The lowest BCUT2D eigenvalue weighted by molar-refractivity contribution is 1.07. The van der Waals surface area contributed by atoms with Gasteiger partial charge in [0.05, 0.1) is 17.4 Å². The molecule has 0 bridgehead atoms. The van der Waals surface area contributed by atoms with Gasteiger partial charge in [-0.1, -0.05) is 30.3 Å². The van der Waals surface area contributed by atoms with Crippen molar-refractivity contribution in [1.82, 2.24) is 19.7 Å². The number of nitrogens with one attached hydrogen (secondary N) is 1. The van der Waals surface area contributed by atoms with Crippen LogP contribution >= 0.6 is 0 Å². The van der Waals surface area contributed by atoms with Crippen molar-refractivity contribution in [2.24, 2.45) is 0 Å². The number of benzene rings is 2. The van der Waals surface area contributed by atoms with Crippen LogP contribution in [0.4, 0.5) is 0 Å². The SMILES string of the molecule is Cc1cn(-c2ccc3[nH]ncc3c2)c(-c2ccccc2)n1. The van der Waals surface area contributed by atoms with E-state index in [-0.39, 0.29) is 0 Å². The van der Waals surface area contributed by atoms with Gasteiger partial charge in [-0.3, -0.25) is 9.67 Å². The number of hydrogen-bond acceptors (Lipinski definition) is 2.